The third kappa shape index (κ3) is 5.91. The number of quaternary nitrogens is 1. The Morgan fingerprint density at radius 3 is 2.50 bits per heavy atom. The van der Waals surface area contributed by atoms with Gasteiger partial charge < -0.3 is 10.2 Å². The topological polar surface area (TPSA) is 51.4 Å². The fourth-order valence-electron chi connectivity index (χ4n) is 3.86. The Morgan fingerprint density at radius 1 is 1.00 bits per heavy atom. The van der Waals surface area contributed by atoms with Crippen LogP contribution < -0.4 is 10.2 Å². The first-order chi connectivity index (χ1) is 14.7. The van der Waals surface area contributed by atoms with E-state index in [9.17, 15) is 4.79 Å². The van der Waals surface area contributed by atoms with E-state index >= 15 is 0 Å². The van der Waals surface area contributed by atoms with Crippen LogP contribution in [0.1, 0.15) is 35.1 Å². The molecule has 1 aromatic heterocycles. The molecule has 0 unspecified atom stereocenters. The van der Waals surface area contributed by atoms with Gasteiger partial charge in [-0.2, -0.15) is 5.10 Å². The molecule has 3 aromatic rings. The highest BCUT2D eigenvalue weighted by Gasteiger charge is 2.15. The SMILES string of the molecule is O=C(/C=C/c1cnn(Cc2ccccc2)c1)NCc1ccc(C[NH+]2CCCC2)cc1. The number of nitrogens with zero attached hydrogens (tertiary/aromatic N) is 2. The summed E-state index contributed by atoms with van der Waals surface area (Å²) in [5.74, 6) is -0.101. The molecule has 1 saturated heterocycles. The van der Waals surface area contributed by atoms with Crippen molar-refractivity contribution in [3.8, 4) is 0 Å². The molecule has 2 aromatic carbocycles. The number of carbonyl (C=O) groups is 1. The van der Waals surface area contributed by atoms with E-state index < -0.39 is 0 Å². The van der Waals surface area contributed by atoms with Crippen LogP contribution in [0.5, 0.6) is 0 Å². The lowest BCUT2D eigenvalue weighted by Crippen LogP contribution is -3.08. The number of hydrogen-bond acceptors (Lipinski definition) is 2. The quantitative estimate of drug-likeness (QED) is 0.570. The maximum Gasteiger partial charge on any atom is 0.244 e. The lowest BCUT2D eigenvalue weighted by atomic mass is 10.1. The first kappa shape index (κ1) is 20.1. The number of rotatable bonds is 8. The van der Waals surface area contributed by atoms with E-state index in [1.54, 1.807) is 23.2 Å². The van der Waals surface area contributed by atoms with E-state index in [1.165, 1.54) is 37.1 Å². The fraction of sp³-hybridized carbons (Fsp3) is 0.280. The summed E-state index contributed by atoms with van der Waals surface area (Å²) in [4.78, 5) is 13.8. The van der Waals surface area contributed by atoms with Crippen LogP contribution in [-0.2, 0) is 24.4 Å². The Hall–Kier alpha value is -3.18. The number of carbonyl (C=O) groups excluding carboxylic acids is 1. The van der Waals surface area contributed by atoms with Gasteiger partial charge in [-0.15, -0.1) is 0 Å². The molecule has 154 valence electrons. The van der Waals surface area contributed by atoms with E-state index in [2.05, 4.69) is 46.8 Å². The molecule has 0 aliphatic carbocycles. The summed E-state index contributed by atoms with van der Waals surface area (Å²) in [6.07, 6.45) is 9.77. The molecule has 1 aliphatic rings. The Bertz CT molecular complexity index is 970. The summed E-state index contributed by atoms with van der Waals surface area (Å²) in [5.41, 5.74) is 4.60. The number of benzene rings is 2. The summed E-state index contributed by atoms with van der Waals surface area (Å²) < 4.78 is 1.87. The van der Waals surface area contributed by atoms with Gasteiger partial charge in [0.15, 0.2) is 0 Å². The number of likely N-dealkylation sites (tertiary alicyclic amines) is 1. The standard InChI is InChI=1S/C25H28N4O/c30-25(13-12-24-17-27-29(20-24)19-22-6-2-1-3-7-22)26-16-21-8-10-23(11-9-21)18-28-14-4-5-15-28/h1-3,6-13,17,20H,4-5,14-16,18-19H2,(H,26,30)/p+1/b13-12+. The maximum absolute atomic E-state index is 12.2. The second-order valence-electron chi connectivity index (χ2n) is 7.96. The molecule has 0 bridgehead atoms. The van der Waals surface area contributed by atoms with Crippen LogP contribution in [0, 0.1) is 0 Å². The van der Waals surface area contributed by atoms with E-state index in [1.807, 2.05) is 29.1 Å². The van der Waals surface area contributed by atoms with Crippen LogP contribution in [0.2, 0.25) is 0 Å². The highest BCUT2D eigenvalue weighted by atomic mass is 16.1. The van der Waals surface area contributed by atoms with Crippen molar-refractivity contribution >= 4 is 12.0 Å². The van der Waals surface area contributed by atoms with Gasteiger partial charge in [-0.3, -0.25) is 9.48 Å². The minimum Gasteiger partial charge on any atom is -0.348 e. The Morgan fingerprint density at radius 2 is 1.73 bits per heavy atom. The predicted octanol–water partition coefficient (Wildman–Crippen LogP) is 2.44. The molecule has 0 radical (unpaired) electrons. The fourth-order valence-corrected chi connectivity index (χ4v) is 3.86. The number of amides is 1. The predicted molar refractivity (Wildman–Crippen MR) is 119 cm³/mol. The van der Waals surface area contributed by atoms with E-state index in [0.29, 0.717) is 6.54 Å². The Balaban J connectivity index is 1.23. The molecule has 0 spiro atoms. The Kier molecular flexibility index (Phi) is 6.72. The molecule has 1 fully saturated rings. The molecule has 1 aliphatic heterocycles. The van der Waals surface area contributed by atoms with Crippen molar-refractivity contribution < 1.29 is 9.69 Å². The van der Waals surface area contributed by atoms with Gasteiger partial charge in [0.2, 0.25) is 5.91 Å². The van der Waals surface area contributed by atoms with Crippen LogP contribution in [0.4, 0.5) is 0 Å². The number of nitrogens with one attached hydrogen (secondary N) is 2. The first-order valence-corrected chi connectivity index (χ1v) is 10.7. The molecule has 4 rings (SSSR count). The van der Waals surface area contributed by atoms with Crippen LogP contribution in [0.25, 0.3) is 6.08 Å². The zero-order valence-electron chi connectivity index (χ0n) is 17.3. The second-order valence-corrected chi connectivity index (χ2v) is 7.96. The van der Waals surface area contributed by atoms with Crippen molar-refractivity contribution in [2.75, 3.05) is 13.1 Å². The number of hydrogen-bond donors (Lipinski definition) is 2. The van der Waals surface area contributed by atoms with Crippen LogP contribution in [0.15, 0.2) is 73.1 Å². The van der Waals surface area contributed by atoms with Crippen molar-refractivity contribution in [1.29, 1.82) is 0 Å². The highest BCUT2D eigenvalue weighted by Crippen LogP contribution is 2.06. The zero-order chi connectivity index (χ0) is 20.6. The summed E-state index contributed by atoms with van der Waals surface area (Å²) in [6.45, 7) is 4.93. The monoisotopic (exact) mass is 401 g/mol. The summed E-state index contributed by atoms with van der Waals surface area (Å²) in [6, 6.07) is 18.8. The lowest BCUT2D eigenvalue weighted by Gasteiger charge is -2.12. The lowest BCUT2D eigenvalue weighted by molar-refractivity contribution is -0.901. The van der Waals surface area contributed by atoms with Crippen molar-refractivity contribution in [2.24, 2.45) is 0 Å². The van der Waals surface area contributed by atoms with Gasteiger partial charge in [-0.05, 0) is 17.2 Å². The molecule has 0 atom stereocenters. The minimum absolute atomic E-state index is 0.101. The molecule has 2 heterocycles. The normalized spacial score (nSPS) is 14.4. The second kappa shape index (κ2) is 10.0. The molecule has 2 N–H and O–H groups in total. The van der Waals surface area contributed by atoms with Crippen LogP contribution in [0.3, 0.4) is 0 Å². The summed E-state index contributed by atoms with van der Waals surface area (Å²) >= 11 is 0. The van der Waals surface area contributed by atoms with Crippen LogP contribution in [-0.4, -0.2) is 28.8 Å². The molecular formula is C25H29N4O+. The van der Waals surface area contributed by atoms with Crippen molar-refractivity contribution in [2.45, 2.75) is 32.5 Å². The van der Waals surface area contributed by atoms with E-state index in [-0.39, 0.29) is 5.91 Å². The smallest absolute Gasteiger partial charge is 0.244 e. The van der Waals surface area contributed by atoms with Crippen molar-refractivity contribution in [1.82, 2.24) is 15.1 Å². The van der Waals surface area contributed by atoms with Gasteiger partial charge in [0, 0.05) is 42.8 Å². The highest BCUT2D eigenvalue weighted by molar-refractivity contribution is 5.91. The third-order valence-corrected chi connectivity index (χ3v) is 5.52. The summed E-state index contributed by atoms with van der Waals surface area (Å²) in [7, 11) is 0. The van der Waals surface area contributed by atoms with Gasteiger partial charge >= 0.3 is 0 Å². The molecule has 30 heavy (non-hydrogen) atoms. The third-order valence-electron chi connectivity index (χ3n) is 5.52. The van der Waals surface area contributed by atoms with Crippen molar-refractivity contribution in [3.05, 3.63) is 95.3 Å². The van der Waals surface area contributed by atoms with E-state index in [4.69, 9.17) is 0 Å². The average Bonchev–Trinajstić information content (AvgIpc) is 3.45. The number of aromatic nitrogens is 2. The molecule has 0 saturated carbocycles. The zero-order valence-corrected chi connectivity index (χ0v) is 17.3. The van der Waals surface area contributed by atoms with Gasteiger partial charge in [-0.25, -0.2) is 0 Å². The van der Waals surface area contributed by atoms with Gasteiger partial charge in [0.1, 0.15) is 6.54 Å². The van der Waals surface area contributed by atoms with Gasteiger partial charge in [0.05, 0.1) is 25.8 Å². The maximum atomic E-state index is 12.2. The molecule has 5 heteroatoms. The molecule has 1 amide bonds. The first-order valence-electron chi connectivity index (χ1n) is 10.7. The molecule has 5 nitrogen and oxygen atoms in total. The van der Waals surface area contributed by atoms with Gasteiger partial charge in [0.25, 0.3) is 0 Å². The van der Waals surface area contributed by atoms with Crippen LogP contribution >= 0.6 is 0 Å². The minimum atomic E-state index is -0.101. The summed E-state index contributed by atoms with van der Waals surface area (Å²) in [5, 5.41) is 7.31. The van der Waals surface area contributed by atoms with E-state index in [0.717, 1.165) is 24.2 Å². The Labute approximate surface area is 178 Å². The average molecular weight is 402 g/mol. The largest absolute Gasteiger partial charge is 0.348 e. The van der Waals surface area contributed by atoms with Gasteiger partial charge in [-0.1, -0.05) is 54.6 Å². The van der Waals surface area contributed by atoms with Crippen molar-refractivity contribution in [3.63, 3.8) is 0 Å². The molecular weight excluding hydrogens is 372 g/mol.